The Labute approximate surface area is 182 Å². The van der Waals surface area contributed by atoms with Gasteiger partial charge in [-0.1, -0.05) is 32.0 Å². The molecule has 1 atom stereocenters. The van der Waals surface area contributed by atoms with Crippen LogP contribution in [0, 0.1) is 13.8 Å². The summed E-state index contributed by atoms with van der Waals surface area (Å²) >= 11 is 1.46. The molecule has 5 nitrogen and oxygen atoms in total. The number of hydrogen-bond donors (Lipinski definition) is 1. The summed E-state index contributed by atoms with van der Waals surface area (Å²) in [6.07, 6.45) is -0.638. The second kappa shape index (κ2) is 9.30. The van der Waals surface area contributed by atoms with Gasteiger partial charge in [-0.15, -0.1) is 11.3 Å². The summed E-state index contributed by atoms with van der Waals surface area (Å²) in [4.78, 5) is 18.4. The zero-order chi connectivity index (χ0) is 21.8. The Morgan fingerprint density at radius 3 is 2.47 bits per heavy atom. The summed E-state index contributed by atoms with van der Waals surface area (Å²) in [6, 6.07) is 13.8. The second-order valence-electron chi connectivity index (χ2n) is 7.55. The van der Waals surface area contributed by atoms with Crippen molar-refractivity contribution in [1.82, 2.24) is 4.98 Å². The van der Waals surface area contributed by atoms with E-state index >= 15 is 0 Å². The van der Waals surface area contributed by atoms with Gasteiger partial charge in [0.2, 0.25) is 0 Å². The molecule has 0 spiro atoms. The normalized spacial score (nSPS) is 12.0. The third kappa shape index (κ3) is 4.82. The molecule has 1 unspecified atom stereocenters. The monoisotopic (exact) mass is 424 g/mol. The van der Waals surface area contributed by atoms with Gasteiger partial charge in [0, 0.05) is 10.4 Å². The van der Waals surface area contributed by atoms with Gasteiger partial charge in [-0.3, -0.25) is 10.1 Å². The number of anilines is 1. The zero-order valence-electron chi connectivity index (χ0n) is 18.3. The molecule has 30 heavy (non-hydrogen) atoms. The van der Waals surface area contributed by atoms with Gasteiger partial charge in [0.25, 0.3) is 5.91 Å². The zero-order valence-corrected chi connectivity index (χ0v) is 19.1. The SMILES string of the molecule is COc1ccc(-c2nc(NC(=O)C(C)Oc3ccccc3C(C)C)sc2C)cc1C. The van der Waals surface area contributed by atoms with E-state index in [-0.39, 0.29) is 5.91 Å². The molecule has 0 fully saturated rings. The number of hydrogen-bond acceptors (Lipinski definition) is 5. The van der Waals surface area contributed by atoms with Crippen molar-refractivity contribution in [2.45, 2.75) is 46.6 Å². The van der Waals surface area contributed by atoms with Crippen molar-refractivity contribution >= 4 is 22.4 Å². The van der Waals surface area contributed by atoms with E-state index in [2.05, 4.69) is 24.1 Å². The lowest BCUT2D eigenvalue weighted by atomic mass is 10.0. The predicted molar refractivity (Wildman–Crippen MR) is 123 cm³/mol. The highest BCUT2D eigenvalue weighted by Crippen LogP contribution is 2.33. The van der Waals surface area contributed by atoms with Crippen LogP contribution < -0.4 is 14.8 Å². The number of thiazole rings is 1. The van der Waals surface area contributed by atoms with Crippen molar-refractivity contribution in [2.24, 2.45) is 0 Å². The largest absolute Gasteiger partial charge is 0.496 e. The number of rotatable bonds is 7. The standard InChI is InChI=1S/C24H28N2O3S/c1-14(2)19-9-7-8-10-21(19)29-16(4)23(27)26-24-25-22(17(5)30-24)18-11-12-20(28-6)15(3)13-18/h7-14,16H,1-6H3,(H,25,26,27). The molecule has 3 aromatic rings. The van der Waals surface area contributed by atoms with Crippen molar-refractivity contribution in [3.8, 4) is 22.8 Å². The molecule has 6 heteroatoms. The molecule has 0 saturated heterocycles. The summed E-state index contributed by atoms with van der Waals surface area (Å²) in [6.45, 7) is 9.96. The Bertz CT molecular complexity index is 1040. The molecule has 0 saturated carbocycles. The molecular formula is C24H28N2O3S. The number of carbonyl (C=O) groups is 1. The first-order valence-electron chi connectivity index (χ1n) is 9.99. The smallest absolute Gasteiger partial charge is 0.266 e. The summed E-state index contributed by atoms with van der Waals surface area (Å²) < 4.78 is 11.3. The van der Waals surface area contributed by atoms with Crippen LogP contribution >= 0.6 is 11.3 Å². The molecule has 0 aliphatic heterocycles. The first-order valence-corrected chi connectivity index (χ1v) is 10.8. The summed E-state index contributed by atoms with van der Waals surface area (Å²) in [7, 11) is 1.66. The Morgan fingerprint density at radius 2 is 1.80 bits per heavy atom. The number of ether oxygens (including phenoxy) is 2. The van der Waals surface area contributed by atoms with Crippen molar-refractivity contribution in [3.05, 3.63) is 58.5 Å². The third-order valence-electron chi connectivity index (χ3n) is 4.91. The van der Waals surface area contributed by atoms with Gasteiger partial charge >= 0.3 is 0 Å². The van der Waals surface area contributed by atoms with Crippen molar-refractivity contribution in [3.63, 3.8) is 0 Å². The molecule has 0 aliphatic carbocycles. The van der Waals surface area contributed by atoms with Crippen LogP contribution in [0.4, 0.5) is 5.13 Å². The highest BCUT2D eigenvalue weighted by atomic mass is 32.1. The van der Waals surface area contributed by atoms with E-state index in [0.717, 1.165) is 38.8 Å². The minimum absolute atomic E-state index is 0.222. The highest BCUT2D eigenvalue weighted by Gasteiger charge is 2.20. The van der Waals surface area contributed by atoms with Crippen molar-refractivity contribution in [1.29, 1.82) is 0 Å². The predicted octanol–water partition coefficient (Wildman–Crippen LogP) is 5.96. The van der Waals surface area contributed by atoms with Crippen LogP contribution in [0.2, 0.25) is 0 Å². The maximum absolute atomic E-state index is 12.7. The third-order valence-corrected chi connectivity index (χ3v) is 5.80. The van der Waals surface area contributed by atoms with E-state index in [1.54, 1.807) is 14.0 Å². The molecule has 158 valence electrons. The lowest BCUT2D eigenvalue weighted by Crippen LogP contribution is -2.30. The van der Waals surface area contributed by atoms with Crippen LogP contribution in [0.5, 0.6) is 11.5 Å². The molecule has 0 aliphatic rings. The maximum atomic E-state index is 12.7. The molecule has 0 bridgehead atoms. The van der Waals surface area contributed by atoms with Crippen LogP contribution in [0.1, 0.15) is 42.7 Å². The topological polar surface area (TPSA) is 60.5 Å². The number of amides is 1. The van der Waals surface area contributed by atoms with Gasteiger partial charge in [-0.05, 0) is 62.1 Å². The number of nitrogens with zero attached hydrogens (tertiary/aromatic N) is 1. The number of nitrogens with one attached hydrogen (secondary N) is 1. The summed E-state index contributed by atoms with van der Waals surface area (Å²) in [5.74, 6) is 1.67. The van der Waals surface area contributed by atoms with E-state index in [0.29, 0.717) is 11.0 Å². The van der Waals surface area contributed by atoms with Gasteiger partial charge in [-0.25, -0.2) is 4.98 Å². The number of carbonyl (C=O) groups excluding carboxylic acids is 1. The molecule has 1 amide bonds. The minimum Gasteiger partial charge on any atom is -0.496 e. The number of aryl methyl sites for hydroxylation is 2. The fourth-order valence-electron chi connectivity index (χ4n) is 3.26. The Morgan fingerprint density at radius 1 is 1.07 bits per heavy atom. The second-order valence-corrected chi connectivity index (χ2v) is 8.75. The van der Waals surface area contributed by atoms with Crippen LogP contribution in [-0.4, -0.2) is 24.1 Å². The molecule has 1 aromatic heterocycles. The molecule has 2 aromatic carbocycles. The molecule has 1 N–H and O–H groups in total. The number of aromatic nitrogens is 1. The number of para-hydroxylation sites is 1. The average Bonchev–Trinajstić information content (AvgIpc) is 3.08. The Balaban J connectivity index is 1.73. The number of benzene rings is 2. The van der Waals surface area contributed by atoms with E-state index in [1.165, 1.54) is 11.3 Å². The summed E-state index contributed by atoms with van der Waals surface area (Å²) in [5, 5.41) is 3.46. The van der Waals surface area contributed by atoms with Gasteiger partial charge in [-0.2, -0.15) is 0 Å². The lowest BCUT2D eigenvalue weighted by Gasteiger charge is -2.18. The van der Waals surface area contributed by atoms with Crippen LogP contribution in [0.15, 0.2) is 42.5 Å². The molecular weight excluding hydrogens is 396 g/mol. The minimum atomic E-state index is -0.638. The van der Waals surface area contributed by atoms with Crippen molar-refractivity contribution in [2.75, 3.05) is 12.4 Å². The summed E-state index contributed by atoms with van der Waals surface area (Å²) in [5.41, 5.74) is 3.98. The van der Waals surface area contributed by atoms with Gasteiger partial charge in [0.1, 0.15) is 11.5 Å². The number of methoxy groups -OCH3 is 1. The maximum Gasteiger partial charge on any atom is 0.266 e. The van der Waals surface area contributed by atoms with E-state index in [1.807, 2.05) is 56.3 Å². The fraction of sp³-hybridized carbons (Fsp3) is 0.333. The Kier molecular flexibility index (Phi) is 6.77. The van der Waals surface area contributed by atoms with Gasteiger partial charge in [0.15, 0.2) is 11.2 Å². The van der Waals surface area contributed by atoms with Gasteiger partial charge < -0.3 is 9.47 Å². The highest BCUT2D eigenvalue weighted by molar-refractivity contribution is 7.16. The van der Waals surface area contributed by atoms with E-state index < -0.39 is 6.10 Å². The molecule has 0 radical (unpaired) electrons. The van der Waals surface area contributed by atoms with E-state index in [9.17, 15) is 4.79 Å². The molecule has 3 rings (SSSR count). The first-order chi connectivity index (χ1) is 14.3. The fourth-order valence-corrected chi connectivity index (χ4v) is 4.10. The molecule has 1 heterocycles. The lowest BCUT2D eigenvalue weighted by molar-refractivity contribution is -0.122. The quantitative estimate of drug-likeness (QED) is 0.508. The van der Waals surface area contributed by atoms with Crippen LogP contribution in [0.3, 0.4) is 0 Å². The average molecular weight is 425 g/mol. The van der Waals surface area contributed by atoms with Crippen molar-refractivity contribution < 1.29 is 14.3 Å². The van der Waals surface area contributed by atoms with Crippen LogP contribution in [0.25, 0.3) is 11.3 Å². The first kappa shape index (κ1) is 21.8. The van der Waals surface area contributed by atoms with Gasteiger partial charge in [0.05, 0.1) is 12.8 Å². The Hall–Kier alpha value is -2.86. The van der Waals surface area contributed by atoms with E-state index in [4.69, 9.17) is 9.47 Å². The van der Waals surface area contributed by atoms with Crippen LogP contribution in [-0.2, 0) is 4.79 Å².